The van der Waals surface area contributed by atoms with Crippen LogP contribution < -0.4 is 0 Å². The number of benzene rings is 1. The van der Waals surface area contributed by atoms with Crippen LogP contribution in [0.5, 0.6) is 0 Å². The van der Waals surface area contributed by atoms with Crippen molar-refractivity contribution in [3.05, 3.63) is 94.1 Å². The molecule has 1 aliphatic heterocycles. The molecular weight excluding hydrogens is 414 g/mol. The lowest BCUT2D eigenvalue weighted by Crippen LogP contribution is -2.32. The first-order valence-corrected chi connectivity index (χ1v) is 11.2. The molecule has 0 aromatic heterocycles. The van der Waals surface area contributed by atoms with Crippen molar-refractivity contribution in [3.63, 3.8) is 0 Å². The Morgan fingerprint density at radius 3 is 2.27 bits per heavy atom. The van der Waals surface area contributed by atoms with Gasteiger partial charge >= 0.3 is 5.97 Å². The maximum absolute atomic E-state index is 12.3. The van der Waals surface area contributed by atoms with Gasteiger partial charge in [-0.3, -0.25) is 9.59 Å². The van der Waals surface area contributed by atoms with E-state index in [0.29, 0.717) is 10.6 Å². The SMILES string of the molecule is CC1=C(/C=C/C(C)=C/C=C/C(C)=C/C(=O)ON2C(=O)c3ccccc3C2=O)C(C)(C)CCC1. The Morgan fingerprint density at radius 2 is 1.67 bits per heavy atom. The van der Waals surface area contributed by atoms with Crippen molar-refractivity contribution >= 4 is 17.8 Å². The van der Waals surface area contributed by atoms with Gasteiger partial charge in [-0.1, -0.05) is 72.6 Å². The fourth-order valence-corrected chi connectivity index (χ4v) is 4.23. The monoisotopic (exact) mass is 445 g/mol. The molecule has 2 aliphatic rings. The largest absolute Gasteiger partial charge is 0.357 e. The zero-order valence-electron chi connectivity index (χ0n) is 20.0. The molecule has 1 aliphatic carbocycles. The number of imide groups is 1. The van der Waals surface area contributed by atoms with Gasteiger partial charge in [-0.15, -0.1) is 0 Å². The number of rotatable bonds is 6. The van der Waals surface area contributed by atoms with Crippen LogP contribution in [0.25, 0.3) is 0 Å². The molecule has 172 valence electrons. The summed E-state index contributed by atoms with van der Waals surface area (Å²) in [5, 5.41) is 0.513. The molecule has 0 fully saturated rings. The Morgan fingerprint density at radius 1 is 1.03 bits per heavy atom. The summed E-state index contributed by atoms with van der Waals surface area (Å²) in [6.45, 7) is 10.6. The molecule has 5 nitrogen and oxygen atoms in total. The molecule has 0 bridgehead atoms. The summed E-state index contributed by atoms with van der Waals surface area (Å²) in [5.74, 6) is -2.06. The summed E-state index contributed by atoms with van der Waals surface area (Å²) in [6.07, 6.45) is 14.8. The number of allylic oxidation sites excluding steroid dienone is 9. The molecule has 5 heteroatoms. The van der Waals surface area contributed by atoms with E-state index in [1.165, 1.54) is 42.2 Å². The van der Waals surface area contributed by atoms with Gasteiger partial charge in [-0.2, -0.15) is 0 Å². The molecule has 2 amide bonds. The van der Waals surface area contributed by atoms with E-state index in [2.05, 4.69) is 32.9 Å². The summed E-state index contributed by atoms with van der Waals surface area (Å²) in [5.41, 5.74) is 5.26. The van der Waals surface area contributed by atoms with Crippen molar-refractivity contribution in [2.45, 2.75) is 53.9 Å². The number of hydrogen-bond donors (Lipinski definition) is 0. The van der Waals surface area contributed by atoms with E-state index in [1.807, 2.05) is 19.1 Å². The average molecular weight is 446 g/mol. The first kappa shape index (κ1) is 24.2. The molecule has 1 aromatic carbocycles. The van der Waals surface area contributed by atoms with Crippen LogP contribution >= 0.6 is 0 Å². The van der Waals surface area contributed by atoms with E-state index >= 15 is 0 Å². The number of hydroxylamine groups is 2. The summed E-state index contributed by atoms with van der Waals surface area (Å²) in [6, 6.07) is 6.37. The van der Waals surface area contributed by atoms with Crippen molar-refractivity contribution in [1.82, 2.24) is 5.06 Å². The van der Waals surface area contributed by atoms with Crippen LogP contribution in [0.15, 0.2) is 83.0 Å². The Bertz CT molecular complexity index is 1090. The lowest BCUT2D eigenvalue weighted by atomic mass is 9.72. The van der Waals surface area contributed by atoms with E-state index in [0.717, 1.165) is 12.0 Å². The number of amides is 2. The van der Waals surface area contributed by atoms with Gasteiger partial charge in [0.25, 0.3) is 11.8 Å². The van der Waals surface area contributed by atoms with E-state index in [1.54, 1.807) is 25.1 Å². The smallest absolute Gasteiger partial charge is 0.325 e. The molecule has 3 rings (SSSR count). The number of carbonyl (C=O) groups is 3. The fourth-order valence-electron chi connectivity index (χ4n) is 4.23. The summed E-state index contributed by atoms with van der Waals surface area (Å²) in [4.78, 5) is 41.8. The van der Waals surface area contributed by atoms with Gasteiger partial charge in [0.05, 0.1) is 11.1 Å². The summed E-state index contributed by atoms with van der Waals surface area (Å²) in [7, 11) is 0. The Kier molecular flexibility index (Phi) is 7.32. The minimum atomic E-state index is -0.783. The van der Waals surface area contributed by atoms with Crippen LogP contribution in [0.4, 0.5) is 0 Å². The highest BCUT2D eigenvalue weighted by Gasteiger charge is 2.38. The highest BCUT2D eigenvalue weighted by molar-refractivity contribution is 6.21. The van der Waals surface area contributed by atoms with Crippen molar-refractivity contribution in [2.24, 2.45) is 5.41 Å². The molecule has 1 aromatic rings. The average Bonchev–Trinajstić information content (AvgIpc) is 2.98. The van der Waals surface area contributed by atoms with Gasteiger partial charge in [0.1, 0.15) is 0 Å². The fraction of sp³-hybridized carbons (Fsp3) is 0.321. The van der Waals surface area contributed by atoms with E-state index in [-0.39, 0.29) is 16.5 Å². The number of fused-ring (bicyclic) bond motifs is 1. The minimum absolute atomic E-state index is 0.202. The van der Waals surface area contributed by atoms with Crippen molar-refractivity contribution in [3.8, 4) is 0 Å². The first-order chi connectivity index (χ1) is 15.6. The van der Waals surface area contributed by atoms with Crippen molar-refractivity contribution < 1.29 is 19.2 Å². The zero-order chi connectivity index (χ0) is 24.2. The van der Waals surface area contributed by atoms with Gasteiger partial charge < -0.3 is 4.84 Å². The van der Waals surface area contributed by atoms with Gasteiger partial charge in [-0.05, 0) is 68.7 Å². The van der Waals surface area contributed by atoms with Gasteiger partial charge in [0.2, 0.25) is 0 Å². The van der Waals surface area contributed by atoms with Crippen molar-refractivity contribution in [1.29, 1.82) is 0 Å². The third kappa shape index (κ3) is 5.67. The number of nitrogens with zero attached hydrogens (tertiary/aromatic N) is 1. The topological polar surface area (TPSA) is 63.7 Å². The third-order valence-corrected chi connectivity index (χ3v) is 6.06. The second-order valence-corrected chi connectivity index (χ2v) is 9.28. The second-order valence-electron chi connectivity index (χ2n) is 9.28. The molecule has 33 heavy (non-hydrogen) atoms. The van der Waals surface area contributed by atoms with Crippen molar-refractivity contribution in [2.75, 3.05) is 0 Å². The highest BCUT2D eigenvalue weighted by Crippen LogP contribution is 2.40. The van der Waals surface area contributed by atoms with Gasteiger partial charge in [-0.25, -0.2) is 4.79 Å². The zero-order valence-corrected chi connectivity index (χ0v) is 20.0. The first-order valence-electron chi connectivity index (χ1n) is 11.2. The maximum atomic E-state index is 12.3. The molecule has 0 spiro atoms. The Labute approximate surface area is 195 Å². The predicted octanol–water partition coefficient (Wildman–Crippen LogP) is 6.27. The van der Waals surface area contributed by atoms with Crippen LogP contribution in [0.3, 0.4) is 0 Å². The molecule has 0 saturated heterocycles. The standard InChI is InChI=1S/C28H31NO4/c1-19(15-16-24-21(3)12-9-17-28(24,4)5)10-8-11-20(2)18-25(30)33-29-26(31)22-13-6-7-14-23(22)27(29)32/h6-8,10-11,13-16,18H,9,12,17H2,1-5H3/b11-8+,16-15+,19-10+,20-18+. The lowest BCUT2D eigenvalue weighted by molar-refractivity contribution is -0.162. The Hall–Kier alpha value is -3.47. The predicted molar refractivity (Wildman–Crippen MR) is 129 cm³/mol. The quantitative estimate of drug-likeness (QED) is 0.294. The second kappa shape index (κ2) is 9.99. The molecule has 0 atom stereocenters. The van der Waals surface area contributed by atoms with E-state index < -0.39 is 17.8 Å². The summed E-state index contributed by atoms with van der Waals surface area (Å²) < 4.78 is 0. The molecular formula is C28H31NO4. The molecule has 0 saturated carbocycles. The maximum Gasteiger partial charge on any atom is 0.357 e. The molecule has 0 N–H and O–H groups in total. The molecule has 0 radical (unpaired) electrons. The van der Waals surface area contributed by atoms with Crippen LogP contribution in [0, 0.1) is 5.41 Å². The molecule has 1 heterocycles. The molecule has 0 unspecified atom stereocenters. The normalized spacial score (nSPS) is 19.1. The van der Waals surface area contributed by atoms with Crippen LogP contribution in [0.1, 0.15) is 74.6 Å². The van der Waals surface area contributed by atoms with Crippen LogP contribution in [0.2, 0.25) is 0 Å². The highest BCUT2D eigenvalue weighted by atomic mass is 16.7. The van der Waals surface area contributed by atoms with Crippen LogP contribution in [-0.4, -0.2) is 22.8 Å². The van der Waals surface area contributed by atoms with Gasteiger partial charge in [0.15, 0.2) is 0 Å². The number of carbonyl (C=O) groups excluding carboxylic acids is 3. The Balaban J connectivity index is 1.60. The lowest BCUT2D eigenvalue weighted by Gasteiger charge is -2.32. The van der Waals surface area contributed by atoms with Gasteiger partial charge in [0, 0.05) is 6.08 Å². The summed E-state index contributed by atoms with van der Waals surface area (Å²) >= 11 is 0. The number of hydrogen-bond acceptors (Lipinski definition) is 4. The van der Waals surface area contributed by atoms with E-state index in [4.69, 9.17) is 4.84 Å². The minimum Gasteiger partial charge on any atom is -0.325 e. The van der Waals surface area contributed by atoms with Crippen LogP contribution in [-0.2, 0) is 9.63 Å². The third-order valence-electron chi connectivity index (χ3n) is 6.06. The van der Waals surface area contributed by atoms with E-state index in [9.17, 15) is 14.4 Å².